The third kappa shape index (κ3) is 7.60. The summed E-state index contributed by atoms with van der Waals surface area (Å²) in [6.07, 6.45) is 20.2. The summed E-state index contributed by atoms with van der Waals surface area (Å²) >= 11 is 0. The van der Waals surface area contributed by atoms with Crippen molar-refractivity contribution in [3.63, 3.8) is 0 Å². The standard InChI is InChI=1S/C35H44N2O/c1-26-9-8-23-37(24-22-26)33-18-14-30(15-19-33)13-12-28(3)36-25-32-17-21-35(38)34(29(32)4)20-16-31-11-7-5-6-10-27(31)2/h5-7,11-12,14-15,17-19,21,25-26,31,38H,2,8-10,13,16,20,22-24H2,1,3-4H3/b28-12-,36-25?. The molecule has 2 unspecified atom stereocenters. The number of anilines is 1. The molecule has 0 spiro atoms. The maximum absolute atomic E-state index is 10.6. The molecule has 1 aliphatic heterocycles. The number of hydrogen-bond donors (Lipinski definition) is 1. The fourth-order valence-corrected chi connectivity index (χ4v) is 5.45. The molecule has 2 aromatic carbocycles. The lowest BCUT2D eigenvalue weighted by atomic mass is 9.89. The zero-order chi connectivity index (χ0) is 26.9. The van der Waals surface area contributed by atoms with Gasteiger partial charge in [-0.25, -0.2) is 0 Å². The number of phenolic OH excluding ortho intramolecular Hbond substituents is 1. The summed E-state index contributed by atoms with van der Waals surface area (Å²) in [4.78, 5) is 7.27. The fourth-order valence-electron chi connectivity index (χ4n) is 5.45. The fraction of sp³-hybridized carbons (Fsp3) is 0.400. The molecule has 3 heteroatoms. The molecule has 4 rings (SSSR count). The first-order valence-corrected chi connectivity index (χ1v) is 14.3. The van der Waals surface area contributed by atoms with Gasteiger partial charge in [0.1, 0.15) is 5.75 Å². The van der Waals surface area contributed by atoms with Crippen molar-refractivity contribution in [3.8, 4) is 5.75 Å². The Bertz CT molecular complexity index is 1220. The van der Waals surface area contributed by atoms with Gasteiger partial charge in [-0.3, -0.25) is 4.99 Å². The highest BCUT2D eigenvalue weighted by atomic mass is 16.3. The molecule has 2 aliphatic rings. The average Bonchev–Trinajstić information content (AvgIpc) is 3.26. The lowest BCUT2D eigenvalue weighted by Crippen LogP contribution is -2.23. The third-order valence-electron chi connectivity index (χ3n) is 8.17. The third-order valence-corrected chi connectivity index (χ3v) is 8.17. The van der Waals surface area contributed by atoms with E-state index in [4.69, 9.17) is 4.99 Å². The van der Waals surface area contributed by atoms with E-state index in [1.165, 1.54) is 42.6 Å². The molecule has 3 nitrogen and oxygen atoms in total. The summed E-state index contributed by atoms with van der Waals surface area (Å²) in [5, 5.41) is 10.6. The second-order valence-electron chi connectivity index (χ2n) is 11.1. The zero-order valence-corrected chi connectivity index (χ0v) is 23.5. The Morgan fingerprint density at radius 2 is 1.92 bits per heavy atom. The van der Waals surface area contributed by atoms with E-state index in [9.17, 15) is 5.11 Å². The first-order valence-electron chi connectivity index (χ1n) is 14.3. The van der Waals surface area contributed by atoms with E-state index in [0.29, 0.717) is 11.7 Å². The van der Waals surface area contributed by atoms with E-state index in [2.05, 4.69) is 86.9 Å². The van der Waals surface area contributed by atoms with Crippen molar-refractivity contribution in [2.24, 2.45) is 16.8 Å². The Hall–Kier alpha value is -3.33. The Labute approximate surface area is 230 Å². The van der Waals surface area contributed by atoms with Gasteiger partial charge in [0.15, 0.2) is 0 Å². The van der Waals surface area contributed by atoms with Gasteiger partial charge in [0.05, 0.1) is 0 Å². The molecule has 0 amide bonds. The smallest absolute Gasteiger partial charge is 0.119 e. The summed E-state index contributed by atoms with van der Waals surface area (Å²) in [7, 11) is 0. The van der Waals surface area contributed by atoms with Crippen LogP contribution in [0.4, 0.5) is 5.69 Å². The maximum atomic E-state index is 10.6. The van der Waals surface area contributed by atoms with Crippen LogP contribution >= 0.6 is 0 Å². The minimum absolute atomic E-state index is 0.341. The van der Waals surface area contributed by atoms with E-state index >= 15 is 0 Å². The number of allylic oxidation sites excluding steroid dienone is 7. The van der Waals surface area contributed by atoms with Gasteiger partial charge in [-0.05, 0) is 117 Å². The van der Waals surface area contributed by atoms with E-state index in [0.717, 1.165) is 60.5 Å². The van der Waals surface area contributed by atoms with Crippen molar-refractivity contribution < 1.29 is 5.11 Å². The number of benzene rings is 2. The molecule has 1 heterocycles. The highest BCUT2D eigenvalue weighted by molar-refractivity contribution is 5.83. The Balaban J connectivity index is 1.35. The molecule has 0 bridgehead atoms. The van der Waals surface area contributed by atoms with Crippen LogP contribution in [0.15, 0.2) is 89.6 Å². The van der Waals surface area contributed by atoms with Crippen molar-refractivity contribution >= 4 is 11.9 Å². The zero-order valence-electron chi connectivity index (χ0n) is 23.5. The average molecular weight is 509 g/mol. The topological polar surface area (TPSA) is 35.8 Å². The van der Waals surface area contributed by atoms with Crippen LogP contribution in [0.25, 0.3) is 0 Å². The van der Waals surface area contributed by atoms with E-state index < -0.39 is 0 Å². The summed E-state index contributed by atoms with van der Waals surface area (Å²) in [5.41, 5.74) is 8.04. The summed E-state index contributed by atoms with van der Waals surface area (Å²) < 4.78 is 0. The largest absolute Gasteiger partial charge is 0.508 e. The Morgan fingerprint density at radius 1 is 1.11 bits per heavy atom. The lowest BCUT2D eigenvalue weighted by Gasteiger charge is -2.23. The minimum atomic E-state index is 0.341. The maximum Gasteiger partial charge on any atom is 0.119 e. The van der Waals surface area contributed by atoms with Gasteiger partial charge in [0.2, 0.25) is 0 Å². The van der Waals surface area contributed by atoms with Crippen LogP contribution < -0.4 is 4.90 Å². The quantitative estimate of drug-likeness (QED) is 0.286. The molecular weight excluding hydrogens is 464 g/mol. The number of phenols is 1. The van der Waals surface area contributed by atoms with Crippen molar-refractivity contribution in [3.05, 3.63) is 107 Å². The monoisotopic (exact) mass is 508 g/mol. The van der Waals surface area contributed by atoms with Gasteiger partial charge < -0.3 is 10.0 Å². The van der Waals surface area contributed by atoms with Crippen LogP contribution in [0, 0.1) is 18.8 Å². The van der Waals surface area contributed by atoms with Crippen LogP contribution in [-0.4, -0.2) is 24.4 Å². The van der Waals surface area contributed by atoms with Gasteiger partial charge in [-0.1, -0.05) is 61.6 Å². The molecule has 2 aromatic rings. The summed E-state index contributed by atoms with van der Waals surface area (Å²) in [6, 6.07) is 12.8. The number of hydrogen-bond acceptors (Lipinski definition) is 3. The molecule has 0 aromatic heterocycles. The molecule has 0 saturated carbocycles. The molecule has 38 heavy (non-hydrogen) atoms. The van der Waals surface area contributed by atoms with Crippen molar-refractivity contribution in [1.82, 2.24) is 0 Å². The van der Waals surface area contributed by atoms with Crippen LogP contribution in [0.3, 0.4) is 0 Å². The molecule has 1 N–H and O–H groups in total. The Kier molecular flexibility index (Phi) is 9.81. The van der Waals surface area contributed by atoms with Crippen LogP contribution in [0.2, 0.25) is 0 Å². The van der Waals surface area contributed by atoms with Crippen LogP contribution in [0.1, 0.15) is 68.2 Å². The van der Waals surface area contributed by atoms with E-state index in [1.54, 1.807) is 6.07 Å². The number of nitrogens with zero attached hydrogens (tertiary/aromatic N) is 2. The minimum Gasteiger partial charge on any atom is -0.508 e. The number of aliphatic imine (C=N–C) groups is 1. The molecule has 1 fully saturated rings. The SMILES string of the molecule is C=C1CC=CC=CC1CCc1c(O)ccc(C=N/C(C)=C\Cc2ccc(N3CCCC(C)CC3)cc2)c1C. The van der Waals surface area contributed by atoms with Crippen molar-refractivity contribution in [2.45, 2.75) is 65.7 Å². The van der Waals surface area contributed by atoms with Gasteiger partial charge >= 0.3 is 0 Å². The molecule has 2 atom stereocenters. The molecule has 200 valence electrons. The highest BCUT2D eigenvalue weighted by Gasteiger charge is 2.15. The Morgan fingerprint density at radius 3 is 2.74 bits per heavy atom. The van der Waals surface area contributed by atoms with E-state index in [-0.39, 0.29) is 0 Å². The number of aromatic hydroxyl groups is 1. The van der Waals surface area contributed by atoms with Gasteiger partial charge in [0.25, 0.3) is 0 Å². The summed E-state index contributed by atoms with van der Waals surface area (Å²) in [6.45, 7) is 13.1. The second-order valence-corrected chi connectivity index (χ2v) is 11.1. The predicted octanol–water partition coefficient (Wildman–Crippen LogP) is 8.51. The number of rotatable bonds is 8. The first-order chi connectivity index (χ1) is 18.4. The second kappa shape index (κ2) is 13.5. The normalized spacial score (nSPS) is 20.7. The lowest BCUT2D eigenvalue weighted by molar-refractivity contribution is 0.464. The summed E-state index contributed by atoms with van der Waals surface area (Å²) in [5.74, 6) is 1.55. The van der Waals surface area contributed by atoms with Crippen LogP contribution in [0.5, 0.6) is 5.75 Å². The van der Waals surface area contributed by atoms with Gasteiger partial charge in [0, 0.05) is 30.7 Å². The van der Waals surface area contributed by atoms with Crippen molar-refractivity contribution in [1.29, 1.82) is 0 Å². The molecule has 1 saturated heterocycles. The highest BCUT2D eigenvalue weighted by Crippen LogP contribution is 2.29. The van der Waals surface area contributed by atoms with Crippen molar-refractivity contribution in [2.75, 3.05) is 18.0 Å². The first kappa shape index (κ1) is 27.7. The van der Waals surface area contributed by atoms with Gasteiger partial charge in [-0.15, -0.1) is 0 Å². The molecular formula is C35H44N2O. The molecule has 0 radical (unpaired) electrons. The molecule has 1 aliphatic carbocycles. The van der Waals surface area contributed by atoms with Gasteiger partial charge in [-0.2, -0.15) is 0 Å². The van der Waals surface area contributed by atoms with E-state index in [1.807, 2.05) is 12.3 Å². The van der Waals surface area contributed by atoms with Crippen LogP contribution in [-0.2, 0) is 12.8 Å². The predicted molar refractivity (Wildman–Crippen MR) is 163 cm³/mol.